The van der Waals surface area contributed by atoms with Crippen LogP contribution in [-0.2, 0) is 11.6 Å². The van der Waals surface area contributed by atoms with Crippen molar-refractivity contribution in [2.24, 2.45) is 0 Å². The minimum absolute atomic E-state index is 0.133. The third-order valence-corrected chi connectivity index (χ3v) is 3.49. The number of halogens is 5. The maximum absolute atomic E-state index is 12.7. The van der Waals surface area contributed by atoms with Crippen LogP contribution in [0.25, 0.3) is 11.3 Å². The Kier molecular flexibility index (Phi) is 4.02. The summed E-state index contributed by atoms with van der Waals surface area (Å²) in [6, 6.07) is 3.27. The fourth-order valence-corrected chi connectivity index (χ4v) is 2.39. The van der Waals surface area contributed by atoms with Gasteiger partial charge in [0.25, 0.3) is 0 Å². The second-order valence-electron chi connectivity index (χ2n) is 5.64. The molecule has 0 radical (unpaired) electrons. The van der Waals surface area contributed by atoms with Gasteiger partial charge < -0.3 is 4.52 Å². The van der Waals surface area contributed by atoms with E-state index in [1.54, 1.807) is 6.07 Å². The van der Waals surface area contributed by atoms with Crippen molar-refractivity contribution >= 4 is 23.2 Å². The second kappa shape index (κ2) is 5.21. The van der Waals surface area contributed by atoms with Crippen molar-refractivity contribution in [2.45, 2.75) is 32.4 Å². The molecule has 0 spiro atoms. The number of nitrogens with zero attached hydrogens (tertiary/aromatic N) is 1. The van der Waals surface area contributed by atoms with Gasteiger partial charge in [0.1, 0.15) is 0 Å². The molecule has 0 saturated carbocycles. The predicted molar refractivity (Wildman–Crippen MR) is 75.7 cm³/mol. The highest BCUT2D eigenvalue weighted by Gasteiger charge is 2.32. The van der Waals surface area contributed by atoms with Crippen LogP contribution in [0.3, 0.4) is 0 Å². The van der Waals surface area contributed by atoms with Crippen molar-refractivity contribution < 1.29 is 17.7 Å². The van der Waals surface area contributed by atoms with Gasteiger partial charge in [-0.05, 0) is 12.1 Å². The molecule has 2 nitrogen and oxygen atoms in total. The number of benzene rings is 1. The summed E-state index contributed by atoms with van der Waals surface area (Å²) in [5, 5.41) is 3.64. The van der Waals surface area contributed by atoms with Gasteiger partial charge in [0.2, 0.25) is 0 Å². The van der Waals surface area contributed by atoms with Crippen molar-refractivity contribution in [2.75, 3.05) is 0 Å². The molecule has 0 aliphatic rings. The third kappa shape index (κ3) is 3.35. The van der Waals surface area contributed by atoms with Crippen LogP contribution in [0.15, 0.2) is 22.7 Å². The van der Waals surface area contributed by atoms with Crippen LogP contribution in [0, 0.1) is 0 Å². The molecule has 1 heterocycles. The van der Waals surface area contributed by atoms with Crippen molar-refractivity contribution in [3.05, 3.63) is 39.5 Å². The first-order valence-corrected chi connectivity index (χ1v) is 6.79. The summed E-state index contributed by atoms with van der Waals surface area (Å²) in [4.78, 5) is 0. The van der Waals surface area contributed by atoms with E-state index in [4.69, 9.17) is 27.7 Å². The van der Waals surface area contributed by atoms with Crippen molar-refractivity contribution in [1.29, 1.82) is 0 Å². The Morgan fingerprint density at radius 2 is 1.52 bits per heavy atom. The zero-order valence-electron chi connectivity index (χ0n) is 11.5. The largest absolute Gasteiger partial charge is 0.416 e. The molecule has 114 valence electrons. The van der Waals surface area contributed by atoms with Gasteiger partial charge in [0.05, 0.1) is 26.9 Å². The molecule has 0 fully saturated rings. The molecule has 0 unspecified atom stereocenters. The molecule has 7 heteroatoms. The molecule has 0 aliphatic carbocycles. The van der Waals surface area contributed by atoms with E-state index in [1.807, 2.05) is 20.8 Å². The van der Waals surface area contributed by atoms with Gasteiger partial charge in [0, 0.05) is 11.5 Å². The number of alkyl halides is 3. The summed E-state index contributed by atoms with van der Waals surface area (Å²) in [6.45, 7) is 5.81. The summed E-state index contributed by atoms with van der Waals surface area (Å²) in [7, 11) is 0. The van der Waals surface area contributed by atoms with Crippen LogP contribution in [0.4, 0.5) is 13.2 Å². The van der Waals surface area contributed by atoms with Crippen LogP contribution in [0.5, 0.6) is 0 Å². The molecule has 0 saturated heterocycles. The number of aromatic nitrogens is 1. The highest BCUT2D eigenvalue weighted by molar-refractivity contribution is 6.39. The lowest BCUT2D eigenvalue weighted by Gasteiger charge is -2.12. The van der Waals surface area contributed by atoms with Gasteiger partial charge in [-0.1, -0.05) is 49.1 Å². The Bertz CT molecular complexity index is 649. The first-order valence-electron chi connectivity index (χ1n) is 6.04. The Morgan fingerprint density at radius 3 is 1.90 bits per heavy atom. The Hall–Kier alpha value is -1.20. The van der Waals surface area contributed by atoms with Gasteiger partial charge in [-0.25, -0.2) is 0 Å². The van der Waals surface area contributed by atoms with Gasteiger partial charge in [0.15, 0.2) is 5.76 Å². The average Bonchev–Trinajstić information content (AvgIpc) is 2.75. The SMILES string of the molecule is CC(C)(C)c1cc(-c2c(Cl)cc(C(F)(F)F)cc2Cl)on1. The van der Waals surface area contributed by atoms with Gasteiger partial charge in [-0.3, -0.25) is 0 Å². The molecule has 2 rings (SSSR count). The molecule has 2 aromatic rings. The molecule has 0 aliphatic heterocycles. The normalized spacial score (nSPS) is 12.8. The summed E-state index contributed by atoms with van der Waals surface area (Å²) in [6.07, 6.45) is -4.51. The molecule has 21 heavy (non-hydrogen) atoms. The lowest BCUT2D eigenvalue weighted by molar-refractivity contribution is -0.137. The molecule has 1 aromatic carbocycles. The lowest BCUT2D eigenvalue weighted by Crippen LogP contribution is -2.10. The highest BCUT2D eigenvalue weighted by atomic mass is 35.5. The maximum Gasteiger partial charge on any atom is 0.416 e. The minimum Gasteiger partial charge on any atom is -0.356 e. The lowest BCUT2D eigenvalue weighted by atomic mass is 9.92. The summed E-state index contributed by atoms with van der Waals surface area (Å²) in [5.74, 6) is 0.239. The molecule has 0 N–H and O–H groups in total. The van der Waals surface area contributed by atoms with Crippen molar-refractivity contribution in [1.82, 2.24) is 5.16 Å². The zero-order valence-corrected chi connectivity index (χ0v) is 13.0. The third-order valence-electron chi connectivity index (χ3n) is 2.89. The smallest absolute Gasteiger partial charge is 0.356 e. The summed E-state index contributed by atoms with van der Waals surface area (Å²) in [5.41, 5.74) is -0.303. The van der Waals surface area contributed by atoms with Crippen LogP contribution in [-0.4, -0.2) is 5.16 Å². The highest BCUT2D eigenvalue weighted by Crippen LogP contribution is 2.41. The monoisotopic (exact) mass is 337 g/mol. The van der Waals surface area contributed by atoms with E-state index in [9.17, 15) is 13.2 Å². The average molecular weight is 338 g/mol. The molecular formula is C14H12Cl2F3NO. The number of hydrogen-bond donors (Lipinski definition) is 0. The van der Waals surface area contributed by atoms with Gasteiger partial charge in [-0.2, -0.15) is 13.2 Å². The quantitative estimate of drug-likeness (QED) is 0.641. The van der Waals surface area contributed by atoms with E-state index < -0.39 is 11.7 Å². The first kappa shape index (κ1) is 16.2. The van der Waals surface area contributed by atoms with E-state index in [1.165, 1.54) is 0 Å². The predicted octanol–water partition coefficient (Wildman–Crippen LogP) is 5.96. The van der Waals surface area contributed by atoms with Gasteiger partial charge >= 0.3 is 6.18 Å². The maximum atomic E-state index is 12.7. The fraction of sp³-hybridized carbons (Fsp3) is 0.357. The standard InChI is InChI=1S/C14H12Cl2F3NO/c1-13(2,3)11-6-10(21-20-11)12-8(15)4-7(5-9(12)16)14(17,18)19/h4-6H,1-3H3. The minimum atomic E-state index is -4.51. The van der Waals surface area contributed by atoms with E-state index >= 15 is 0 Å². The van der Waals surface area contributed by atoms with Gasteiger partial charge in [-0.15, -0.1) is 0 Å². The topological polar surface area (TPSA) is 26.0 Å². The molecule has 0 amide bonds. The van der Waals surface area contributed by atoms with E-state index in [0.717, 1.165) is 12.1 Å². The van der Waals surface area contributed by atoms with Crippen LogP contribution in [0.1, 0.15) is 32.0 Å². The Morgan fingerprint density at radius 1 is 1.00 bits per heavy atom. The summed E-state index contributed by atoms with van der Waals surface area (Å²) < 4.78 is 43.2. The summed E-state index contributed by atoms with van der Waals surface area (Å²) >= 11 is 11.9. The van der Waals surface area contributed by atoms with Crippen LogP contribution in [0.2, 0.25) is 10.0 Å². The molecule has 1 aromatic heterocycles. The Balaban J connectivity index is 2.53. The Labute approximate surface area is 129 Å². The molecule has 0 atom stereocenters. The van der Waals surface area contributed by atoms with E-state index in [2.05, 4.69) is 5.16 Å². The second-order valence-corrected chi connectivity index (χ2v) is 6.45. The number of rotatable bonds is 1. The zero-order chi connectivity index (χ0) is 16.0. The fourth-order valence-electron chi connectivity index (χ4n) is 1.72. The van der Waals surface area contributed by atoms with Crippen LogP contribution >= 0.6 is 23.2 Å². The van der Waals surface area contributed by atoms with Crippen LogP contribution < -0.4 is 0 Å². The first-order chi connectivity index (χ1) is 9.50. The van der Waals surface area contributed by atoms with E-state index in [-0.39, 0.29) is 26.8 Å². The van der Waals surface area contributed by atoms with E-state index in [0.29, 0.717) is 5.69 Å². The number of hydrogen-bond acceptors (Lipinski definition) is 2. The molecule has 0 bridgehead atoms. The van der Waals surface area contributed by atoms with Crippen molar-refractivity contribution in [3.63, 3.8) is 0 Å². The molecular weight excluding hydrogens is 326 g/mol. The van der Waals surface area contributed by atoms with Crippen molar-refractivity contribution in [3.8, 4) is 11.3 Å².